The lowest BCUT2D eigenvalue weighted by atomic mass is 9.98. The van der Waals surface area contributed by atoms with Gasteiger partial charge in [-0.1, -0.05) is 71.8 Å². The van der Waals surface area contributed by atoms with E-state index < -0.39 is 9.84 Å². The number of carbonyl (C=O) groups excluding carboxylic acids is 1. The Kier molecular flexibility index (Phi) is 6.72. The van der Waals surface area contributed by atoms with Crippen molar-refractivity contribution in [2.45, 2.75) is 24.3 Å². The maximum atomic E-state index is 12.6. The standard InChI is InChI=1S/C23H22ClNO3S/c1-17-7-13-21(14-8-17)29(27,28)16-15-22(26)25-23(18-5-3-2-4-6-18)19-9-11-20(24)12-10-19/h2-14,23H,15-16H2,1H3,(H,25,26). The number of carbonyl (C=O) groups is 1. The van der Waals surface area contributed by atoms with Crippen molar-refractivity contribution in [1.29, 1.82) is 0 Å². The molecule has 0 saturated heterocycles. The number of hydrogen-bond acceptors (Lipinski definition) is 3. The molecule has 0 heterocycles. The van der Waals surface area contributed by atoms with E-state index in [0.29, 0.717) is 5.02 Å². The van der Waals surface area contributed by atoms with Gasteiger partial charge in [0.25, 0.3) is 0 Å². The van der Waals surface area contributed by atoms with Crippen LogP contribution in [0, 0.1) is 6.92 Å². The molecule has 0 aliphatic heterocycles. The molecule has 0 radical (unpaired) electrons. The van der Waals surface area contributed by atoms with Gasteiger partial charge < -0.3 is 5.32 Å². The lowest BCUT2D eigenvalue weighted by Crippen LogP contribution is -2.30. The number of hydrogen-bond donors (Lipinski definition) is 1. The third kappa shape index (κ3) is 5.68. The summed E-state index contributed by atoms with van der Waals surface area (Å²) in [5.74, 6) is -0.575. The molecule has 150 valence electrons. The first-order chi connectivity index (χ1) is 13.8. The average Bonchev–Trinajstić information content (AvgIpc) is 2.72. The Morgan fingerprint density at radius 1 is 0.897 bits per heavy atom. The Bertz CT molecular complexity index is 1060. The third-order valence-corrected chi connectivity index (χ3v) is 6.60. The van der Waals surface area contributed by atoms with E-state index in [4.69, 9.17) is 11.6 Å². The van der Waals surface area contributed by atoms with E-state index in [-0.39, 0.29) is 29.0 Å². The molecule has 0 aliphatic rings. The molecule has 0 aliphatic carbocycles. The zero-order valence-electron chi connectivity index (χ0n) is 16.0. The molecule has 1 unspecified atom stereocenters. The quantitative estimate of drug-likeness (QED) is 0.593. The van der Waals surface area contributed by atoms with Crippen LogP contribution in [0.4, 0.5) is 0 Å². The molecule has 0 fully saturated rings. The van der Waals surface area contributed by atoms with E-state index in [1.165, 1.54) is 0 Å². The Hall–Kier alpha value is -2.63. The summed E-state index contributed by atoms with van der Waals surface area (Å²) in [4.78, 5) is 12.8. The number of rotatable bonds is 7. The van der Waals surface area contributed by atoms with Crippen LogP contribution in [0.25, 0.3) is 0 Å². The Morgan fingerprint density at radius 2 is 1.48 bits per heavy atom. The van der Waals surface area contributed by atoms with Gasteiger partial charge in [0.05, 0.1) is 16.7 Å². The first-order valence-electron chi connectivity index (χ1n) is 9.24. The van der Waals surface area contributed by atoms with Crippen molar-refractivity contribution in [2.75, 3.05) is 5.75 Å². The van der Waals surface area contributed by atoms with Crippen molar-refractivity contribution in [1.82, 2.24) is 5.32 Å². The fourth-order valence-corrected chi connectivity index (χ4v) is 4.35. The zero-order chi connectivity index (χ0) is 20.9. The van der Waals surface area contributed by atoms with Crippen LogP contribution in [0.1, 0.15) is 29.2 Å². The maximum Gasteiger partial charge on any atom is 0.221 e. The van der Waals surface area contributed by atoms with E-state index >= 15 is 0 Å². The molecule has 6 heteroatoms. The molecule has 3 aromatic rings. The number of benzene rings is 3. The summed E-state index contributed by atoms with van der Waals surface area (Å²) in [6, 6.07) is 23.0. The molecule has 29 heavy (non-hydrogen) atoms. The summed E-state index contributed by atoms with van der Waals surface area (Å²) in [7, 11) is -3.52. The van der Waals surface area contributed by atoms with E-state index in [1.54, 1.807) is 36.4 Å². The van der Waals surface area contributed by atoms with Crippen LogP contribution in [0.15, 0.2) is 83.8 Å². The predicted molar refractivity (Wildman–Crippen MR) is 116 cm³/mol. The minimum absolute atomic E-state index is 0.118. The monoisotopic (exact) mass is 427 g/mol. The number of aryl methyl sites for hydroxylation is 1. The van der Waals surface area contributed by atoms with Crippen LogP contribution < -0.4 is 5.32 Å². The van der Waals surface area contributed by atoms with E-state index in [2.05, 4.69) is 5.32 Å². The second kappa shape index (κ2) is 9.25. The Morgan fingerprint density at radius 3 is 2.10 bits per heavy atom. The molecule has 0 bridgehead atoms. The first-order valence-corrected chi connectivity index (χ1v) is 11.3. The Balaban J connectivity index is 1.73. The second-order valence-electron chi connectivity index (χ2n) is 6.84. The van der Waals surface area contributed by atoms with Crippen molar-refractivity contribution >= 4 is 27.3 Å². The fraction of sp³-hybridized carbons (Fsp3) is 0.174. The summed E-state index contributed by atoms with van der Waals surface area (Å²) < 4.78 is 25.0. The molecule has 0 aromatic heterocycles. The molecular formula is C23H22ClNO3S. The number of halogens is 1. The fourth-order valence-electron chi connectivity index (χ4n) is 2.98. The first kappa shape index (κ1) is 21.1. The van der Waals surface area contributed by atoms with Gasteiger partial charge in [0.1, 0.15) is 0 Å². The molecule has 0 spiro atoms. The van der Waals surface area contributed by atoms with Gasteiger partial charge in [-0.05, 0) is 42.3 Å². The summed E-state index contributed by atoms with van der Waals surface area (Å²) in [5.41, 5.74) is 2.76. The van der Waals surface area contributed by atoms with Crippen molar-refractivity contribution in [3.8, 4) is 0 Å². The van der Waals surface area contributed by atoms with Gasteiger partial charge in [-0.2, -0.15) is 0 Å². The van der Waals surface area contributed by atoms with Crippen LogP contribution >= 0.6 is 11.6 Å². The summed E-state index contributed by atoms with van der Waals surface area (Å²) in [5, 5.41) is 3.56. The van der Waals surface area contributed by atoms with Crippen LogP contribution in [-0.2, 0) is 14.6 Å². The summed E-state index contributed by atoms with van der Waals surface area (Å²) >= 11 is 5.98. The third-order valence-electron chi connectivity index (χ3n) is 4.62. The van der Waals surface area contributed by atoms with Gasteiger partial charge in [0.2, 0.25) is 5.91 Å². The second-order valence-corrected chi connectivity index (χ2v) is 9.39. The van der Waals surface area contributed by atoms with Gasteiger partial charge in [0, 0.05) is 11.4 Å². The summed E-state index contributed by atoms with van der Waals surface area (Å²) in [6.07, 6.45) is -0.118. The van der Waals surface area contributed by atoms with Crippen LogP contribution in [-0.4, -0.2) is 20.1 Å². The molecule has 3 aromatic carbocycles. The normalized spacial score (nSPS) is 12.3. The molecule has 1 amide bonds. The van der Waals surface area contributed by atoms with Gasteiger partial charge >= 0.3 is 0 Å². The van der Waals surface area contributed by atoms with Crippen LogP contribution in [0.2, 0.25) is 5.02 Å². The van der Waals surface area contributed by atoms with Crippen LogP contribution in [0.5, 0.6) is 0 Å². The number of nitrogens with one attached hydrogen (secondary N) is 1. The maximum absolute atomic E-state index is 12.6. The van der Waals surface area contributed by atoms with Gasteiger partial charge in [-0.15, -0.1) is 0 Å². The minimum atomic E-state index is -3.52. The largest absolute Gasteiger partial charge is 0.345 e. The Labute approximate surface area is 176 Å². The zero-order valence-corrected chi connectivity index (χ0v) is 17.6. The predicted octanol–water partition coefficient (Wildman–Crippen LogP) is 4.72. The molecule has 1 N–H and O–H groups in total. The molecule has 3 rings (SSSR count). The van der Waals surface area contributed by atoms with Gasteiger partial charge in [-0.3, -0.25) is 4.79 Å². The van der Waals surface area contributed by atoms with Crippen LogP contribution in [0.3, 0.4) is 0 Å². The highest BCUT2D eigenvalue weighted by atomic mass is 35.5. The molecule has 0 saturated carbocycles. The lowest BCUT2D eigenvalue weighted by Gasteiger charge is -2.20. The van der Waals surface area contributed by atoms with Crippen molar-refractivity contribution in [3.05, 3.63) is 101 Å². The SMILES string of the molecule is Cc1ccc(S(=O)(=O)CCC(=O)NC(c2ccccc2)c2ccc(Cl)cc2)cc1. The minimum Gasteiger partial charge on any atom is -0.345 e. The molecule has 4 nitrogen and oxygen atoms in total. The molecular weight excluding hydrogens is 406 g/mol. The average molecular weight is 428 g/mol. The highest BCUT2D eigenvalue weighted by molar-refractivity contribution is 7.91. The number of amides is 1. The van der Waals surface area contributed by atoms with E-state index in [1.807, 2.05) is 49.4 Å². The van der Waals surface area contributed by atoms with Crippen molar-refractivity contribution in [2.24, 2.45) is 0 Å². The highest BCUT2D eigenvalue weighted by Gasteiger charge is 2.20. The smallest absolute Gasteiger partial charge is 0.221 e. The topological polar surface area (TPSA) is 63.2 Å². The lowest BCUT2D eigenvalue weighted by molar-refractivity contribution is -0.121. The number of sulfone groups is 1. The van der Waals surface area contributed by atoms with Crippen molar-refractivity contribution in [3.63, 3.8) is 0 Å². The van der Waals surface area contributed by atoms with E-state index in [0.717, 1.165) is 16.7 Å². The highest BCUT2D eigenvalue weighted by Crippen LogP contribution is 2.24. The van der Waals surface area contributed by atoms with Gasteiger partial charge in [0.15, 0.2) is 9.84 Å². The van der Waals surface area contributed by atoms with Crippen molar-refractivity contribution < 1.29 is 13.2 Å². The van der Waals surface area contributed by atoms with Gasteiger partial charge in [-0.25, -0.2) is 8.42 Å². The molecule has 1 atom stereocenters. The van der Waals surface area contributed by atoms with E-state index in [9.17, 15) is 13.2 Å². The summed E-state index contributed by atoms with van der Waals surface area (Å²) in [6.45, 7) is 1.89.